The van der Waals surface area contributed by atoms with Gasteiger partial charge in [-0.2, -0.15) is 0 Å². The zero-order valence-electron chi connectivity index (χ0n) is 18.2. The molecule has 0 saturated carbocycles. The van der Waals surface area contributed by atoms with Gasteiger partial charge in [0.1, 0.15) is 11.4 Å². The summed E-state index contributed by atoms with van der Waals surface area (Å²) in [7, 11) is 0. The quantitative estimate of drug-likeness (QED) is 0.258. The molecular formula is C26H33NO2S. The maximum atomic E-state index is 5.87. The molecule has 2 heterocycles. The monoisotopic (exact) mass is 423 g/mol. The zero-order chi connectivity index (χ0) is 21.0. The van der Waals surface area contributed by atoms with Crippen molar-refractivity contribution in [3.05, 3.63) is 53.4 Å². The molecule has 30 heavy (non-hydrogen) atoms. The normalized spacial score (nSPS) is 11.4. The number of ether oxygens (including phenoxy) is 1. The molecule has 0 saturated heterocycles. The summed E-state index contributed by atoms with van der Waals surface area (Å²) in [4.78, 5) is 2.34. The van der Waals surface area contributed by atoms with Crippen molar-refractivity contribution in [2.75, 3.05) is 6.61 Å². The molecule has 0 radical (unpaired) electrons. The summed E-state index contributed by atoms with van der Waals surface area (Å²) in [5.74, 6) is 1.73. The molecular weight excluding hydrogens is 390 g/mol. The summed E-state index contributed by atoms with van der Waals surface area (Å²) in [6.07, 6.45) is 14.3. The topological polar surface area (TPSA) is 35.3 Å². The van der Waals surface area contributed by atoms with Gasteiger partial charge in [0.25, 0.3) is 0 Å². The van der Waals surface area contributed by atoms with Crippen molar-refractivity contribution in [1.82, 2.24) is 5.16 Å². The minimum atomic E-state index is 0.785. The lowest BCUT2D eigenvalue weighted by Gasteiger charge is -2.06. The second-order valence-electron chi connectivity index (χ2n) is 7.61. The second kappa shape index (κ2) is 12.4. The van der Waals surface area contributed by atoms with Gasteiger partial charge in [0.2, 0.25) is 0 Å². The molecule has 0 fully saturated rings. The van der Waals surface area contributed by atoms with Crippen LogP contribution in [0.5, 0.6) is 5.75 Å². The molecule has 0 unspecified atom stereocenters. The second-order valence-corrected chi connectivity index (χ2v) is 8.73. The van der Waals surface area contributed by atoms with Gasteiger partial charge in [-0.25, -0.2) is 0 Å². The maximum Gasteiger partial charge on any atom is 0.177 e. The van der Waals surface area contributed by atoms with Gasteiger partial charge in [-0.15, -0.1) is 11.3 Å². The van der Waals surface area contributed by atoms with E-state index in [1.165, 1.54) is 43.4 Å². The third kappa shape index (κ3) is 6.88. The van der Waals surface area contributed by atoms with Gasteiger partial charge in [-0.05, 0) is 55.3 Å². The van der Waals surface area contributed by atoms with Crippen LogP contribution in [0.15, 0.2) is 53.1 Å². The smallest absolute Gasteiger partial charge is 0.177 e. The van der Waals surface area contributed by atoms with E-state index in [2.05, 4.69) is 43.3 Å². The first-order chi connectivity index (χ1) is 14.8. The van der Waals surface area contributed by atoms with E-state index in [0.717, 1.165) is 47.1 Å². The van der Waals surface area contributed by atoms with E-state index in [0.29, 0.717) is 0 Å². The molecule has 0 aliphatic rings. The number of aromatic nitrogens is 1. The Hall–Kier alpha value is -2.33. The standard InChI is InChI=1S/C26H33NO2S/c1-3-5-7-8-9-11-19-28-22-15-13-21(14-16-22)24-20-25(29-27-24)26-18-17-23(30-26)12-10-6-4-2/h10,12-18,20H,3-9,11,19H2,1-2H3. The van der Waals surface area contributed by atoms with Crippen LogP contribution >= 0.6 is 11.3 Å². The zero-order valence-corrected chi connectivity index (χ0v) is 19.0. The number of rotatable bonds is 13. The first-order valence-electron chi connectivity index (χ1n) is 11.3. The number of nitrogens with zero attached hydrogens (tertiary/aromatic N) is 1. The molecule has 3 nitrogen and oxygen atoms in total. The predicted molar refractivity (Wildman–Crippen MR) is 128 cm³/mol. The molecule has 0 N–H and O–H groups in total. The minimum absolute atomic E-state index is 0.785. The fourth-order valence-corrected chi connectivity index (χ4v) is 4.15. The van der Waals surface area contributed by atoms with Crippen molar-refractivity contribution < 1.29 is 9.26 Å². The molecule has 1 aromatic carbocycles. The molecule has 0 aliphatic heterocycles. The summed E-state index contributed by atoms with van der Waals surface area (Å²) in [5.41, 5.74) is 1.89. The lowest BCUT2D eigenvalue weighted by Crippen LogP contribution is -1.97. The molecule has 160 valence electrons. The lowest BCUT2D eigenvalue weighted by atomic mass is 10.1. The van der Waals surface area contributed by atoms with Crippen LogP contribution in [0.4, 0.5) is 0 Å². The summed E-state index contributed by atoms with van der Waals surface area (Å²) < 4.78 is 11.5. The largest absolute Gasteiger partial charge is 0.494 e. The molecule has 0 bridgehead atoms. The van der Waals surface area contributed by atoms with Gasteiger partial charge in [0.05, 0.1) is 11.5 Å². The fraction of sp³-hybridized carbons (Fsp3) is 0.423. The summed E-state index contributed by atoms with van der Waals surface area (Å²) in [6.45, 7) is 5.22. The number of thiophene rings is 1. The van der Waals surface area contributed by atoms with Gasteiger partial charge in [0, 0.05) is 16.5 Å². The Balaban J connectivity index is 1.51. The van der Waals surface area contributed by atoms with Gasteiger partial charge in [-0.3, -0.25) is 0 Å². The van der Waals surface area contributed by atoms with Crippen LogP contribution in [0.25, 0.3) is 28.0 Å². The van der Waals surface area contributed by atoms with Crippen LogP contribution in [0.1, 0.15) is 70.1 Å². The van der Waals surface area contributed by atoms with Crippen LogP contribution in [0, 0.1) is 0 Å². The van der Waals surface area contributed by atoms with Gasteiger partial charge in [-0.1, -0.05) is 63.6 Å². The highest BCUT2D eigenvalue weighted by atomic mass is 32.1. The molecule has 0 spiro atoms. The van der Waals surface area contributed by atoms with Crippen molar-refractivity contribution >= 4 is 17.4 Å². The van der Waals surface area contributed by atoms with Crippen LogP contribution < -0.4 is 4.74 Å². The summed E-state index contributed by atoms with van der Waals surface area (Å²) >= 11 is 1.72. The summed E-state index contributed by atoms with van der Waals surface area (Å²) in [6, 6.07) is 14.4. The third-order valence-electron chi connectivity index (χ3n) is 5.03. The first-order valence-corrected chi connectivity index (χ1v) is 12.1. The van der Waals surface area contributed by atoms with E-state index in [4.69, 9.17) is 9.26 Å². The number of unbranched alkanes of at least 4 members (excludes halogenated alkanes) is 6. The Morgan fingerprint density at radius 3 is 2.53 bits per heavy atom. The summed E-state index contributed by atoms with van der Waals surface area (Å²) in [5, 5.41) is 4.26. The van der Waals surface area contributed by atoms with E-state index in [9.17, 15) is 0 Å². The highest BCUT2D eigenvalue weighted by molar-refractivity contribution is 7.16. The lowest BCUT2D eigenvalue weighted by molar-refractivity contribution is 0.304. The fourth-order valence-electron chi connectivity index (χ4n) is 3.26. The van der Waals surface area contributed by atoms with E-state index >= 15 is 0 Å². The van der Waals surface area contributed by atoms with Gasteiger partial charge in [0.15, 0.2) is 5.76 Å². The van der Waals surface area contributed by atoms with Crippen LogP contribution in [-0.2, 0) is 0 Å². The van der Waals surface area contributed by atoms with Gasteiger partial charge >= 0.3 is 0 Å². The number of hydrogen-bond acceptors (Lipinski definition) is 4. The molecule has 0 aliphatic carbocycles. The van der Waals surface area contributed by atoms with E-state index in [-0.39, 0.29) is 0 Å². The number of benzene rings is 1. The predicted octanol–water partition coefficient (Wildman–Crippen LogP) is 8.62. The Morgan fingerprint density at radius 1 is 0.933 bits per heavy atom. The molecule has 3 rings (SSSR count). The number of allylic oxidation sites excluding steroid dienone is 1. The van der Waals surface area contributed by atoms with Crippen molar-refractivity contribution in [3.8, 4) is 27.6 Å². The minimum Gasteiger partial charge on any atom is -0.494 e. The van der Waals surface area contributed by atoms with Crippen LogP contribution in [-0.4, -0.2) is 11.8 Å². The Bertz CT molecular complexity index is 892. The highest BCUT2D eigenvalue weighted by Gasteiger charge is 2.10. The Morgan fingerprint density at radius 2 is 1.73 bits per heavy atom. The van der Waals surface area contributed by atoms with Crippen molar-refractivity contribution in [2.45, 2.75) is 65.2 Å². The van der Waals surface area contributed by atoms with Crippen LogP contribution in [0.3, 0.4) is 0 Å². The molecule has 0 atom stereocenters. The van der Waals surface area contributed by atoms with Gasteiger partial charge < -0.3 is 9.26 Å². The average molecular weight is 424 g/mol. The van der Waals surface area contributed by atoms with E-state index in [1.54, 1.807) is 11.3 Å². The van der Waals surface area contributed by atoms with Crippen molar-refractivity contribution in [2.24, 2.45) is 0 Å². The van der Waals surface area contributed by atoms with Crippen molar-refractivity contribution in [1.29, 1.82) is 0 Å². The molecule has 0 amide bonds. The first kappa shape index (κ1) is 22.4. The molecule has 3 aromatic rings. The maximum absolute atomic E-state index is 5.87. The number of hydrogen-bond donors (Lipinski definition) is 0. The molecule has 2 aromatic heterocycles. The highest BCUT2D eigenvalue weighted by Crippen LogP contribution is 2.32. The Labute approximate surface area is 184 Å². The average Bonchev–Trinajstić information content (AvgIpc) is 3.44. The van der Waals surface area contributed by atoms with E-state index in [1.807, 2.05) is 30.3 Å². The third-order valence-corrected chi connectivity index (χ3v) is 6.10. The Kier molecular flexibility index (Phi) is 9.23. The van der Waals surface area contributed by atoms with Crippen molar-refractivity contribution in [3.63, 3.8) is 0 Å². The van der Waals surface area contributed by atoms with E-state index < -0.39 is 0 Å². The SMILES string of the molecule is CCCC=Cc1ccc(-c2cc(-c3ccc(OCCCCCCCC)cc3)no2)s1. The van der Waals surface area contributed by atoms with Crippen LogP contribution in [0.2, 0.25) is 0 Å². The molecule has 4 heteroatoms.